The number of carboxylic acid groups (broad SMARTS) is 1. The van der Waals surface area contributed by atoms with Crippen molar-refractivity contribution < 1.29 is 25.0 Å². The van der Waals surface area contributed by atoms with E-state index < -0.39 is 24.0 Å². The maximum Gasteiger partial charge on any atom is 0.326 e. The first-order valence-corrected chi connectivity index (χ1v) is 7.42. The average Bonchev–Trinajstić information content (AvgIpc) is 3.13. The molecule has 0 aliphatic carbocycles. The number of carbonyl (C=O) groups is 3. The smallest absolute Gasteiger partial charge is 0.326 e. The third-order valence-electron chi connectivity index (χ3n) is 4.03. The molecule has 1 aromatic carbocycles. The van der Waals surface area contributed by atoms with Crippen molar-refractivity contribution in [1.29, 1.82) is 0 Å². The van der Waals surface area contributed by atoms with Gasteiger partial charge in [-0.25, -0.2) is 4.79 Å². The molecule has 0 spiro atoms. The summed E-state index contributed by atoms with van der Waals surface area (Å²) in [5, 5.41) is 15.4. The van der Waals surface area contributed by atoms with Gasteiger partial charge in [-0.15, -0.1) is 0 Å². The Balaban J connectivity index is 0.00000208. The topological polar surface area (TPSA) is 143 Å². The lowest BCUT2D eigenvalue weighted by Crippen LogP contribution is -2.49. The number of carboxylic acids is 1. The molecular formula is C16H19N3O5. The van der Waals surface area contributed by atoms with Gasteiger partial charge in [0.1, 0.15) is 12.1 Å². The number of amides is 2. The minimum absolute atomic E-state index is 0. The van der Waals surface area contributed by atoms with Crippen LogP contribution in [0.1, 0.15) is 18.4 Å². The highest BCUT2D eigenvalue weighted by atomic mass is 16.4. The minimum atomic E-state index is -1.10. The van der Waals surface area contributed by atoms with E-state index in [2.05, 4.69) is 15.6 Å². The van der Waals surface area contributed by atoms with Crippen LogP contribution in [-0.2, 0) is 20.8 Å². The molecule has 1 fully saturated rings. The van der Waals surface area contributed by atoms with E-state index in [9.17, 15) is 19.5 Å². The molecule has 0 unspecified atom stereocenters. The third kappa shape index (κ3) is 3.54. The monoisotopic (exact) mass is 333 g/mol. The van der Waals surface area contributed by atoms with Gasteiger partial charge in [0.25, 0.3) is 0 Å². The van der Waals surface area contributed by atoms with E-state index in [0.29, 0.717) is 6.42 Å². The molecule has 0 saturated carbocycles. The first kappa shape index (κ1) is 17.5. The Hall–Kier alpha value is -2.87. The third-order valence-corrected chi connectivity index (χ3v) is 4.03. The number of hydrogen-bond acceptors (Lipinski definition) is 3. The molecule has 8 heteroatoms. The fraction of sp³-hybridized carbons (Fsp3) is 0.312. The number of hydrogen-bond donors (Lipinski definition) is 4. The van der Waals surface area contributed by atoms with Crippen molar-refractivity contribution in [3.8, 4) is 0 Å². The van der Waals surface area contributed by atoms with Crippen molar-refractivity contribution in [1.82, 2.24) is 15.6 Å². The Morgan fingerprint density at radius 1 is 1.33 bits per heavy atom. The van der Waals surface area contributed by atoms with Gasteiger partial charge in [-0.3, -0.25) is 9.59 Å². The highest BCUT2D eigenvalue weighted by molar-refractivity contribution is 5.93. The van der Waals surface area contributed by atoms with Crippen LogP contribution < -0.4 is 10.6 Å². The van der Waals surface area contributed by atoms with Gasteiger partial charge < -0.3 is 26.2 Å². The van der Waals surface area contributed by atoms with Crippen molar-refractivity contribution in [2.24, 2.45) is 0 Å². The van der Waals surface area contributed by atoms with Gasteiger partial charge in [0, 0.05) is 29.9 Å². The molecule has 1 saturated heterocycles. The molecule has 128 valence electrons. The van der Waals surface area contributed by atoms with Crippen molar-refractivity contribution in [2.75, 3.05) is 0 Å². The molecule has 2 amide bonds. The molecule has 8 nitrogen and oxygen atoms in total. The van der Waals surface area contributed by atoms with Crippen LogP contribution in [0, 0.1) is 0 Å². The highest BCUT2D eigenvalue weighted by Crippen LogP contribution is 2.19. The average molecular weight is 333 g/mol. The van der Waals surface area contributed by atoms with Crippen LogP contribution in [-0.4, -0.2) is 45.4 Å². The molecule has 2 aromatic rings. The maximum atomic E-state index is 12.1. The zero-order valence-corrected chi connectivity index (χ0v) is 12.8. The van der Waals surface area contributed by atoms with E-state index in [4.69, 9.17) is 0 Å². The molecule has 6 N–H and O–H groups in total. The van der Waals surface area contributed by atoms with Crippen molar-refractivity contribution in [3.05, 3.63) is 36.0 Å². The molecule has 0 bridgehead atoms. The molecule has 0 radical (unpaired) electrons. The standard InChI is InChI=1S/C16H17N3O4.H2O/c20-14-6-5-12(18-14)15(21)19-13(16(22)23)7-9-8-17-11-4-2-1-3-10(9)11;/h1-4,8,12-13,17H,5-7H2,(H,18,20)(H,19,21)(H,22,23);1H2/t12-,13-;/m0./s1. The van der Waals surface area contributed by atoms with Crippen LogP contribution in [0.5, 0.6) is 0 Å². The van der Waals surface area contributed by atoms with E-state index in [1.54, 1.807) is 6.20 Å². The molecule has 2 atom stereocenters. The second-order valence-corrected chi connectivity index (χ2v) is 5.62. The zero-order valence-electron chi connectivity index (χ0n) is 12.8. The molecular weight excluding hydrogens is 314 g/mol. The molecule has 1 aliphatic heterocycles. The molecule has 24 heavy (non-hydrogen) atoms. The quantitative estimate of drug-likeness (QED) is 0.597. The summed E-state index contributed by atoms with van der Waals surface area (Å²) in [5.74, 6) is -1.75. The number of aliphatic carboxylic acids is 1. The SMILES string of the molecule is O.O=C1CC[C@@H](C(=O)N[C@@H](Cc2c[nH]c3ccccc23)C(=O)O)N1. The number of benzene rings is 1. The van der Waals surface area contributed by atoms with Crippen LogP contribution in [0.4, 0.5) is 0 Å². The van der Waals surface area contributed by atoms with Crippen LogP contribution in [0.15, 0.2) is 30.5 Å². The number of aromatic amines is 1. The summed E-state index contributed by atoms with van der Waals surface area (Å²) < 4.78 is 0. The van der Waals surface area contributed by atoms with E-state index in [1.807, 2.05) is 24.3 Å². The fourth-order valence-corrected chi connectivity index (χ4v) is 2.80. The van der Waals surface area contributed by atoms with Crippen molar-refractivity contribution in [2.45, 2.75) is 31.3 Å². The Morgan fingerprint density at radius 2 is 2.08 bits per heavy atom. The summed E-state index contributed by atoms with van der Waals surface area (Å²) in [6.45, 7) is 0. The summed E-state index contributed by atoms with van der Waals surface area (Å²) in [7, 11) is 0. The first-order chi connectivity index (χ1) is 11.0. The second kappa shape index (κ2) is 7.14. The number of H-pyrrole nitrogens is 1. The van der Waals surface area contributed by atoms with Gasteiger partial charge in [0.2, 0.25) is 11.8 Å². The van der Waals surface area contributed by atoms with Crippen molar-refractivity contribution >= 4 is 28.7 Å². The Kier molecular flexibility index (Phi) is 5.20. The number of carbonyl (C=O) groups excluding carboxylic acids is 2. The van der Waals surface area contributed by atoms with Crippen LogP contribution in [0.25, 0.3) is 10.9 Å². The lowest BCUT2D eigenvalue weighted by molar-refractivity contribution is -0.142. The highest BCUT2D eigenvalue weighted by Gasteiger charge is 2.30. The minimum Gasteiger partial charge on any atom is -0.480 e. The number of nitrogens with one attached hydrogen (secondary N) is 3. The molecule has 1 aliphatic rings. The summed E-state index contributed by atoms with van der Waals surface area (Å²) in [4.78, 5) is 37.8. The van der Waals surface area contributed by atoms with E-state index in [0.717, 1.165) is 16.5 Å². The Morgan fingerprint density at radius 3 is 2.75 bits per heavy atom. The van der Waals surface area contributed by atoms with E-state index in [1.165, 1.54) is 0 Å². The lowest BCUT2D eigenvalue weighted by Gasteiger charge is -2.17. The molecule has 1 aromatic heterocycles. The van der Waals surface area contributed by atoms with E-state index in [-0.39, 0.29) is 24.2 Å². The number of aromatic nitrogens is 1. The predicted octanol–water partition coefficient (Wildman–Crippen LogP) is -0.266. The Labute approximate surface area is 137 Å². The maximum absolute atomic E-state index is 12.1. The zero-order chi connectivity index (χ0) is 16.4. The van der Waals surface area contributed by atoms with Crippen LogP contribution >= 0.6 is 0 Å². The second-order valence-electron chi connectivity index (χ2n) is 5.62. The summed E-state index contributed by atoms with van der Waals surface area (Å²) >= 11 is 0. The fourth-order valence-electron chi connectivity index (χ4n) is 2.80. The van der Waals surface area contributed by atoms with Crippen LogP contribution in [0.2, 0.25) is 0 Å². The lowest BCUT2D eigenvalue weighted by atomic mass is 10.0. The van der Waals surface area contributed by atoms with Gasteiger partial charge in [-0.2, -0.15) is 0 Å². The van der Waals surface area contributed by atoms with Gasteiger partial charge in [-0.05, 0) is 18.1 Å². The van der Waals surface area contributed by atoms with Crippen LogP contribution in [0.3, 0.4) is 0 Å². The summed E-state index contributed by atoms with van der Waals surface area (Å²) in [6, 6.07) is 5.89. The number of para-hydroxylation sites is 1. The molecule has 3 rings (SSSR count). The van der Waals surface area contributed by atoms with E-state index >= 15 is 0 Å². The first-order valence-electron chi connectivity index (χ1n) is 7.42. The number of fused-ring (bicyclic) bond motifs is 1. The largest absolute Gasteiger partial charge is 0.480 e. The summed E-state index contributed by atoms with van der Waals surface area (Å²) in [5.41, 5.74) is 1.74. The summed E-state index contributed by atoms with van der Waals surface area (Å²) in [6.07, 6.45) is 2.61. The molecule has 2 heterocycles. The van der Waals surface area contributed by atoms with Gasteiger partial charge in [0.15, 0.2) is 0 Å². The number of rotatable bonds is 5. The normalized spacial score (nSPS) is 17.8. The van der Waals surface area contributed by atoms with Gasteiger partial charge in [-0.1, -0.05) is 18.2 Å². The Bertz CT molecular complexity index is 770. The predicted molar refractivity (Wildman–Crippen MR) is 86.3 cm³/mol. The van der Waals surface area contributed by atoms with Gasteiger partial charge >= 0.3 is 5.97 Å². The van der Waals surface area contributed by atoms with Crippen molar-refractivity contribution in [3.63, 3.8) is 0 Å². The van der Waals surface area contributed by atoms with Gasteiger partial charge in [0.05, 0.1) is 0 Å².